The summed E-state index contributed by atoms with van der Waals surface area (Å²) in [7, 11) is 0. The summed E-state index contributed by atoms with van der Waals surface area (Å²) in [5, 5.41) is 9.30. The molecule has 0 saturated carbocycles. The lowest BCUT2D eigenvalue weighted by molar-refractivity contribution is 0.569. The topological polar surface area (TPSA) is 47.1 Å². The minimum Gasteiger partial charge on any atom is -0.455 e. The number of aromatic nitrogens is 3. The van der Waals surface area contributed by atoms with Crippen LogP contribution in [0.3, 0.4) is 0 Å². The van der Waals surface area contributed by atoms with Crippen LogP contribution in [0.1, 0.15) is 52.7 Å². The Kier molecular flexibility index (Phi) is 6.87. The number of benzene rings is 9. The molecule has 0 bridgehead atoms. The molecule has 2 aliphatic heterocycles. The van der Waals surface area contributed by atoms with E-state index < -0.39 is 0 Å². The third-order valence-corrected chi connectivity index (χ3v) is 14.4. The fourth-order valence-corrected chi connectivity index (χ4v) is 11.3. The van der Waals surface area contributed by atoms with Gasteiger partial charge >= 0.3 is 6.85 Å². The highest BCUT2D eigenvalue weighted by Crippen LogP contribution is 2.50. The number of hydrogen-bond acceptors (Lipinski definition) is 4. The van der Waals surface area contributed by atoms with Crippen molar-refractivity contribution >= 4 is 122 Å². The zero-order valence-corrected chi connectivity index (χ0v) is 36.7. The molecule has 12 aromatic rings. The number of para-hydroxylation sites is 3. The van der Waals surface area contributed by atoms with E-state index in [-0.39, 0.29) is 17.7 Å². The molecule has 5 heterocycles. The van der Waals surface area contributed by atoms with Crippen LogP contribution < -0.4 is 15.8 Å². The van der Waals surface area contributed by atoms with Crippen molar-refractivity contribution < 1.29 is 4.42 Å². The molecule has 0 atom stereocenters. The van der Waals surface area contributed by atoms with Crippen molar-refractivity contribution in [3.05, 3.63) is 163 Å². The highest BCUT2D eigenvalue weighted by Gasteiger charge is 2.46. The van der Waals surface area contributed by atoms with Crippen LogP contribution in [0.4, 0.5) is 17.1 Å². The average molecular weight is 823 g/mol. The molecular formula is C58H43BN4O. The van der Waals surface area contributed by atoms with Crippen molar-refractivity contribution in [1.29, 1.82) is 0 Å². The number of fused-ring (bicyclic) bond motifs is 19. The first-order chi connectivity index (χ1) is 31.0. The highest BCUT2D eigenvalue weighted by molar-refractivity contribution is 6.92. The van der Waals surface area contributed by atoms with Crippen molar-refractivity contribution in [1.82, 2.24) is 14.4 Å². The molecule has 0 aliphatic carbocycles. The Bertz CT molecular complexity index is 4040. The lowest BCUT2D eigenvalue weighted by Crippen LogP contribution is -2.57. The van der Waals surface area contributed by atoms with Gasteiger partial charge in [0.25, 0.3) is 0 Å². The van der Waals surface area contributed by atoms with E-state index in [1.54, 1.807) is 0 Å². The molecule has 0 amide bonds. The lowest BCUT2D eigenvalue weighted by atomic mass is 9.44. The van der Waals surface area contributed by atoms with Gasteiger partial charge in [0, 0.05) is 77.0 Å². The molecule has 0 unspecified atom stereocenters. The maximum Gasteiger partial charge on any atom is 0.335 e. The summed E-state index contributed by atoms with van der Waals surface area (Å²) < 4.78 is 9.70. The van der Waals surface area contributed by atoms with Crippen LogP contribution in [0.15, 0.2) is 156 Å². The monoisotopic (exact) mass is 822 g/mol. The molecule has 5 nitrogen and oxygen atoms in total. The van der Waals surface area contributed by atoms with E-state index in [0.717, 1.165) is 82.9 Å². The van der Waals surface area contributed by atoms with Crippen LogP contribution in [-0.2, 0) is 10.8 Å². The molecule has 0 fully saturated rings. The fraction of sp³-hybridized carbons (Fsp3) is 0.138. The maximum atomic E-state index is 7.08. The third-order valence-electron chi connectivity index (χ3n) is 14.4. The Morgan fingerprint density at radius 3 is 1.80 bits per heavy atom. The van der Waals surface area contributed by atoms with Crippen molar-refractivity contribution in [2.75, 3.05) is 4.90 Å². The van der Waals surface area contributed by atoms with Gasteiger partial charge in [-0.15, -0.1) is 0 Å². The third kappa shape index (κ3) is 4.65. The quantitative estimate of drug-likeness (QED) is 0.0940. The number of nitrogens with zero attached hydrogens (tertiary/aromatic N) is 4. The van der Waals surface area contributed by atoms with Gasteiger partial charge in [0.15, 0.2) is 0 Å². The number of rotatable bonds is 1. The second kappa shape index (κ2) is 12.2. The van der Waals surface area contributed by atoms with Gasteiger partial charge in [-0.2, -0.15) is 0 Å². The highest BCUT2D eigenvalue weighted by atomic mass is 16.3. The van der Waals surface area contributed by atoms with Crippen LogP contribution in [0.5, 0.6) is 0 Å². The second-order valence-corrected chi connectivity index (χ2v) is 20.1. The molecule has 9 aromatic carbocycles. The minimum atomic E-state index is -0.249. The van der Waals surface area contributed by atoms with Gasteiger partial charge in [0.2, 0.25) is 0 Å². The minimum absolute atomic E-state index is 0.0898. The molecule has 64 heavy (non-hydrogen) atoms. The molecule has 3 aromatic heterocycles. The van der Waals surface area contributed by atoms with Gasteiger partial charge in [0.1, 0.15) is 11.2 Å². The van der Waals surface area contributed by atoms with Gasteiger partial charge in [0.05, 0.1) is 22.1 Å². The Morgan fingerprint density at radius 2 is 1.09 bits per heavy atom. The van der Waals surface area contributed by atoms with Crippen molar-refractivity contribution in [2.45, 2.75) is 52.4 Å². The van der Waals surface area contributed by atoms with E-state index in [9.17, 15) is 0 Å². The molecule has 2 aliphatic rings. The van der Waals surface area contributed by atoms with Crippen molar-refractivity contribution in [2.24, 2.45) is 0 Å². The molecule has 0 spiro atoms. The summed E-state index contributed by atoms with van der Waals surface area (Å²) in [5.74, 6) is 0. The number of furan rings is 1. The van der Waals surface area contributed by atoms with Crippen LogP contribution in [0.25, 0.3) is 98.5 Å². The van der Waals surface area contributed by atoms with Crippen LogP contribution in [-0.4, -0.2) is 21.3 Å². The molecular weight excluding hydrogens is 779 g/mol. The molecule has 6 heteroatoms. The molecule has 0 radical (unpaired) electrons. The lowest BCUT2D eigenvalue weighted by Gasteiger charge is -2.41. The second-order valence-electron chi connectivity index (χ2n) is 20.1. The predicted octanol–water partition coefficient (Wildman–Crippen LogP) is 14.1. The fourth-order valence-electron chi connectivity index (χ4n) is 11.3. The van der Waals surface area contributed by atoms with E-state index in [1.807, 2.05) is 0 Å². The van der Waals surface area contributed by atoms with E-state index in [2.05, 4.69) is 203 Å². The van der Waals surface area contributed by atoms with Gasteiger partial charge in [-0.3, -0.25) is 0 Å². The summed E-state index contributed by atoms with van der Waals surface area (Å²) in [6, 6.07) is 55.8. The normalized spacial score (nSPS) is 13.7. The summed E-state index contributed by atoms with van der Waals surface area (Å²) in [6.07, 6.45) is 0. The first kappa shape index (κ1) is 36.1. The van der Waals surface area contributed by atoms with Crippen LogP contribution in [0, 0.1) is 0 Å². The summed E-state index contributed by atoms with van der Waals surface area (Å²) in [4.78, 5) is 14.1. The van der Waals surface area contributed by atoms with Crippen molar-refractivity contribution in [3.63, 3.8) is 0 Å². The first-order valence-corrected chi connectivity index (χ1v) is 22.5. The van der Waals surface area contributed by atoms with E-state index in [1.165, 1.54) is 54.7 Å². The molecule has 14 rings (SSSR count). The smallest absolute Gasteiger partial charge is 0.335 e. The van der Waals surface area contributed by atoms with Crippen molar-refractivity contribution in [3.8, 4) is 11.1 Å². The van der Waals surface area contributed by atoms with Gasteiger partial charge in [-0.1, -0.05) is 151 Å². The summed E-state index contributed by atoms with van der Waals surface area (Å²) in [6.45, 7) is 13.7. The SMILES string of the molecule is CC(C)(C)c1cc(N2c3cc4c(oc5ccccc54)c4c3B(c3c2ccc2nc5c6ccccc6c6ccccc6c5nc32)n2c3ccccc3c3cccc-4c32)cc(C(C)(C)C)c1. The van der Waals surface area contributed by atoms with Gasteiger partial charge < -0.3 is 13.8 Å². The molecule has 0 saturated heterocycles. The molecule has 304 valence electrons. The van der Waals surface area contributed by atoms with E-state index in [0.29, 0.717) is 0 Å². The maximum absolute atomic E-state index is 7.08. The zero-order valence-electron chi connectivity index (χ0n) is 36.7. The predicted molar refractivity (Wildman–Crippen MR) is 270 cm³/mol. The van der Waals surface area contributed by atoms with E-state index >= 15 is 0 Å². The summed E-state index contributed by atoms with van der Waals surface area (Å²) in [5.41, 5.74) is 18.4. The molecule has 0 N–H and O–H groups in total. The Morgan fingerprint density at radius 1 is 0.484 bits per heavy atom. The number of anilines is 3. The van der Waals surface area contributed by atoms with Gasteiger partial charge in [-0.05, 0) is 80.7 Å². The van der Waals surface area contributed by atoms with E-state index in [4.69, 9.17) is 14.4 Å². The Hall–Kier alpha value is -7.44. The first-order valence-electron chi connectivity index (χ1n) is 22.5. The van der Waals surface area contributed by atoms with Gasteiger partial charge in [-0.25, -0.2) is 9.97 Å². The summed E-state index contributed by atoms with van der Waals surface area (Å²) >= 11 is 0. The Labute approximate surface area is 370 Å². The largest absolute Gasteiger partial charge is 0.455 e. The van der Waals surface area contributed by atoms with Crippen LogP contribution in [0.2, 0.25) is 0 Å². The Balaban J connectivity index is 1.22. The zero-order chi connectivity index (χ0) is 43.0. The van der Waals surface area contributed by atoms with Crippen LogP contribution >= 0.6 is 0 Å². The number of hydrogen-bond donors (Lipinski definition) is 0. The average Bonchev–Trinajstić information content (AvgIpc) is 3.85. The standard InChI is InChI=1S/C58H43BN4O/c1-57(2,3)32-28-33(58(4,5)6)30-34(29-32)62-46-27-26-44-54(61-53-40-21-10-8-17-36(40)35-16-7-9-20-39(35)52(53)60-44)51(46)59-50-47(62)31-43-38-19-12-14-25-48(38)64-56(43)49(50)42-23-15-22-41-37-18-11-13-24-45(37)63(59)55(41)42/h7-31H,1-6H3.